The Kier molecular flexibility index (Phi) is 4.93. The molecule has 5 heteroatoms. The van der Waals surface area contributed by atoms with Gasteiger partial charge in [0.1, 0.15) is 0 Å². The molecule has 0 atom stereocenters. The Morgan fingerprint density at radius 3 is 2.67 bits per heavy atom. The number of nitrogens with two attached hydrogens (primary N) is 1. The van der Waals surface area contributed by atoms with Gasteiger partial charge in [0.2, 0.25) is 10.0 Å². The second-order valence-electron chi connectivity index (χ2n) is 4.12. The van der Waals surface area contributed by atoms with Crippen LogP contribution in [0.2, 0.25) is 0 Å². The first kappa shape index (κ1) is 14.7. The van der Waals surface area contributed by atoms with Crippen LogP contribution in [0.3, 0.4) is 0 Å². The van der Waals surface area contributed by atoms with Gasteiger partial charge in [0.15, 0.2) is 0 Å². The van der Waals surface area contributed by atoms with Gasteiger partial charge in [-0.3, -0.25) is 0 Å². The van der Waals surface area contributed by atoms with Crippen LogP contribution in [0.1, 0.15) is 18.9 Å². The summed E-state index contributed by atoms with van der Waals surface area (Å²) in [6.07, 6.45) is 2.35. The van der Waals surface area contributed by atoms with Gasteiger partial charge in [0.05, 0.1) is 4.90 Å². The number of anilines is 1. The average molecular weight is 268 g/mol. The fourth-order valence-electron chi connectivity index (χ4n) is 1.75. The van der Waals surface area contributed by atoms with Crippen molar-refractivity contribution in [2.75, 3.05) is 18.8 Å². The molecule has 18 heavy (non-hydrogen) atoms. The lowest BCUT2D eigenvalue weighted by atomic mass is 10.2. The van der Waals surface area contributed by atoms with Crippen molar-refractivity contribution in [1.82, 2.24) is 4.31 Å². The summed E-state index contributed by atoms with van der Waals surface area (Å²) in [4.78, 5) is 0.276. The number of sulfonamides is 1. The number of hydrogen-bond donors (Lipinski definition) is 1. The lowest BCUT2D eigenvalue weighted by Crippen LogP contribution is -2.32. The molecule has 0 heterocycles. The Morgan fingerprint density at radius 2 is 2.11 bits per heavy atom. The molecule has 0 saturated heterocycles. The number of nitrogen functional groups attached to an aromatic ring is 1. The SMILES string of the molecule is C=CCN(CCC)S(=O)(=O)c1cccc(N)c1C. The van der Waals surface area contributed by atoms with Crippen molar-refractivity contribution >= 4 is 15.7 Å². The van der Waals surface area contributed by atoms with Gasteiger partial charge in [-0.15, -0.1) is 6.58 Å². The lowest BCUT2D eigenvalue weighted by Gasteiger charge is -2.21. The van der Waals surface area contributed by atoms with Gasteiger partial charge in [0, 0.05) is 18.8 Å². The van der Waals surface area contributed by atoms with Crippen molar-refractivity contribution in [3.8, 4) is 0 Å². The quantitative estimate of drug-likeness (QED) is 0.635. The molecule has 0 spiro atoms. The predicted octanol–water partition coefficient (Wildman–Crippen LogP) is 2.16. The zero-order chi connectivity index (χ0) is 13.8. The van der Waals surface area contributed by atoms with Crippen molar-refractivity contribution in [2.24, 2.45) is 0 Å². The average Bonchev–Trinajstić information content (AvgIpc) is 2.32. The Bertz CT molecular complexity index is 524. The Hall–Kier alpha value is -1.33. The molecule has 1 aromatic carbocycles. The summed E-state index contributed by atoms with van der Waals surface area (Å²) in [5.74, 6) is 0. The minimum atomic E-state index is -3.50. The monoisotopic (exact) mass is 268 g/mol. The van der Waals surface area contributed by atoms with E-state index >= 15 is 0 Å². The maximum absolute atomic E-state index is 12.5. The highest BCUT2D eigenvalue weighted by Crippen LogP contribution is 2.23. The van der Waals surface area contributed by atoms with Crippen molar-refractivity contribution in [2.45, 2.75) is 25.2 Å². The van der Waals surface area contributed by atoms with E-state index in [2.05, 4.69) is 6.58 Å². The number of nitrogens with zero attached hydrogens (tertiary/aromatic N) is 1. The summed E-state index contributed by atoms with van der Waals surface area (Å²) in [5, 5.41) is 0. The summed E-state index contributed by atoms with van der Waals surface area (Å²) in [7, 11) is -3.50. The molecule has 0 aliphatic rings. The minimum Gasteiger partial charge on any atom is -0.398 e. The van der Waals surface area contributed by atoms with E-state index in [9.17, 15) is 8.42 Å². The zero-order valence-electron chi connectivity index (χ0n) is 10.9. The topological polar surface area (TPSA) is 63.4 Å². The van der Waals surface area contributed by atoms with Gasteiger partial charge in [-0.2, -0.15) is 4.31 Å². The van der Waals surface area contributed by atoms with Crippen molar-refractivity contribution < 1.29 is 8.42 Å². The summed E-state index contributed by atoms with van der Waals surface area (Å²) in [6, 6.07) is 4.95. The van der Waals surface area contributed by atoms with Gasteiger partial charge in [0.25, 0.3) is 0 Å². The van der Waals surface area contributed by atoms with Crippen LogP contribution in [0.25, 0.3) is 0 Å². The minimum absolute atomic E-state index is 0.276. The van der Waals surface area contributed by atoms with Crippen molar-refractivity contribution in [3.63, 3.8) is 0 Å². The van der Waals surface area contributed by atoms with E-state index in [-0.39, 0.29) is 4.90 Å². The van der Waals surface area contributed by atoms with Crippen LogP contribution in [0.4, 0.5) is 5.69 Å². The van der Waals surface area contributed by atoms with E-state index in [1.807, 2.05) is 6.92 Å². The molecule has 100 valence electrons. The first-order valence-corrected chi connectivity index (χ1v) is 7.35. The summed E-state index contributed by atoms with van der Waals surface area (Å²) < 4.78 is 26.4. The maximum atomic E-state index is 12.5. The predicted molar refractivity (Wildman–Crippen MR) is 74.8 cm³/mol. The van der Waals surface area contributed by atoms with Crippen LogP contribution in [-0.2, 0) is 10.0 Å². The molecule has 0 fully saturated rings. The molecule has 0 saturated carbocycles. The van der Waals surface area contributed by atoms with Gasteiger partial charge in [-0.05, 0) is 31.0 Å². The molecule has 1 rings (SSSR count). The normalized spacial score (nSPS) is 11.7. The van der Waals surface area contributed by atoms with E-state index in [4.69, 9.17) is 5.73 Å². The molecule has 0 aliphatic carbocycles. The summed E-state index contributed by atoms with van der Waals surface area (Å²) in [6.45, 7) is 8.05. The standard InChI is InChI=1S/C13H20N2O2S/c1-4-9-15(10-5-2)18(16,17)13-8-6-7-12(14)11(13)3/h4,6-8H,1,5,9-10,14H2,2-3H3. The highest BCUT2D eigenvalue weighted by Gasteiger charge is 2.24. The van der Waals surface area contributed by atoms with Gasteiger partial charge in [-0.1, -0.05) is 19.1 Å². The first-order chi connectivity index (χ1) is 8.45. The number of rotatable bonds is 6. The Balaban J connectivity index is 3.26. The first-order valence-electron chi connectivity index (χ1n) is 5.91. The molecular formula is C13H20N2O2S. The molecule has 0 aliphatic heterocycles. The van der Waals surface area contributed by atoms with Crippen LogP contribution < -0.4 is 5.73 Å². The van der Waals surface area contributed by atoms with Crippen molar-refractivity contribution in [1.29, 1.82) is 0 Å². The van der Waals surface area contributed by atoms with Crippen LogP contribution in [0.15, 0.2) is 35.7 Å². The van der Waals surface area contributed by atoms with Gasteiger partial charge >= 0.3 is 0 Å². The summed E-state index contributed by atoms with van der Waals surface area (Å²) >= 11 is 0. The molecule has 0 unspecified atom stereocenters. The van der Waals surface area contributed by atoms with E-state index in [0.29, 0.717) is 24.3 Å². The highest BCUT2D eigenvalue weighted by atomic mass is 32.2. The third-order valence-electron chi connectivity index (χ3n) is 2.75. The molecule has 0 aromatic heterocycles. The molecule has 1 aromatic rings. The molecule has 4 nitrogen and oxygen atoms in total. The third-order valence-corrected chi connectivity index (χ3v) is 4.76. The summed E-state index contributed by atoms with van der Waals surface area (Å²) in [5.41, 5.74) is 6.85. The van der Waals surface area contributed by atoms with Crippen LogP contribution in [0, 0.1) is 6.92 Å². The Morgan fingerprint density at radius 1 is 1.44 bits per heavy atom. The molecular weight excluding hydrogens is 248 g/mol. The van der Waals surface area contributed by atoms with Crippen LogP contribution in [0.5, 0.6) is 0 Å². The smallest absolute Gasteiger partial charge is 0.243 e. The number of benzene rings is 1. The lowest BCUT2D eigenvalue weighted by molar-refractivity contribution is 0.441. The third kappa shape index (κ3) is 2.91. The van der Waals surface area contributed by atoms with E-state index in [0.717, 1.165) is 6.42 Å². The fourth-order valence-corrected chi connectivity index (χ4v) is 3.51. The molecule has 0 bridgehead atoms. The number of hydrogen-bond acceptors (Lipinski definition) is 3. The van der Waals surface area contributed by atoms with E-state index in [1.165, 1.54) is 4.31 Å². The highest BCUT2D eigenvalue weighted by molar-refractivity contribution is 7.89. The Labute approximate surface area is 109 Å². The van der Waals surface area contributed by atoms with Gasteiger partial charge < -0.3 is 5.73 Å². The van der Waals surface area contributed by atoms with E-state index in [1.54, 1.807) is 31.2 Å². The van der Waals surface area contributed by atoms with Crippen LogP contribution >= 0.6 is 0 Å². The second-order valence-corrected chi connectivity index (χ2v) is 6.03. The van der Waals surface area contributed by atoms with Crippen molar-refractivity contribution in [3.05, 3.63) is 36.4 Å². The van der Waals surface area contributed by atoms with Gasteiger partial charge in [-0.25, -0.2) is 8.42 Å². The maximum Gasteiger partial charge on any atom is 0.243 e. The van der Waals surface area contributed by atoms with E-state index < -0.39 is 10.0 Å². The molecule has 0 radical (unpaired) electrons. The molecule has 0 amide bonds. The fraction of sp³-hybridized carbons (Fsp3) is 0.385. The van der Waals surface area contributed by atoms with Crippen LogP contribution in [-0.4, -0.2) is 25.8 Å². The largest absolute Gasteiger partial charge is 0.398 e. The zero-order valence-corrected chi connectivity index (χ0v) is 11.7. The second kappa shape index (κ2) is 6.02. The molecule has 2 N–H and O–H groups in total.